The first-order chi connectivity index (χ1) is 11.8. The van der Waals surface area contributed by atoms with E-state index in [1.807, 2.05) is 60.7 Å². The average Bonchev–Trinajstić information content (AvgIpc) is 3.12. The Hall–Kier alpha value is -2.66. The average molecular weight is 322 g/mol. The predicted octanol–water partition coefficient (Wildman–Crippen LogP) is 3.04. The second-order valence-corrected chi connectivity index (χ2v) is 5.65. The summed E-state index contributed by atoms with van der Waals surface area (Å²) in [4.78, 5) is 6.59. The van der Waals surface area contributed by atoms with Gasteiger partial charge in [0.05, 0.1) is 24.9 Å². The molecule has 1 aromatic heterocycles. The van der Waals surface area contributed by atoms with Crippen LogP contribution in [0.1, 0.15) is 19.2 Å². The van der Waals surface area contributed by atoms with Crippen LogP contribution in [0, 0.1) is 0 Å². The monoisotopic (exact) mass is 322 g/mol. The number of aliphatic hydroxyl groups is 1. The molecule has 24 heavy (non-hydrogen) atoms. The summed E-state index contributed by atoms with van der Waals surface area (Å²) >= 11 is 0. The van der Waals surface area contributed by atoms with Gasteiger partial charge in [-0.3, -0.25) is 0 Å². The quantitative estimate of drug-likeness (QED) is 0.726. The lowest BCUT2D eigenvalue weighted by molar-refractivity contribution is 0.254. The second-order valence-electron chi connectivity index (χ2n) is 5.65. The Bertz CT molecular complexity index is 738. The Balaban J connectivity index is 1.84. The van der Waals surface area contributed by atoms with Crippen LogP contribution < -0.4 is 4.90 Å². The van der Waals surface area contributed by atoms with Crippen molar-refractivity contribution < 1.29 is 5.11 Å². The Morgan fingerprint density at radius 3 is 2.33 bits per heavy atom. The zero-order chi connectivity index (χ0) is 16.8. The van der Waals surface area contributed by atoms with Crippen molar-refractivity contribution >= 4 is 5.69 Å². The molecule has 124 valence electrons. The minimum Gasteiger partial charge on any atom is -0.394 e. The Kier molecular flexibility index (Phi) is 5.23. The third kappa shape index (κ3) is 3.63. The minimum absolute atomic E-state index is 0.0380. The van der Waals surface area contributed by atoms with Crippen LogP contribution in [0.2, 0.25) is 0 Å². The summed E-state index contributed by atoms with van der Waals surface area (Å²) in [6.45, 7) is 2.74. The molecule has 0 bridgehead atoms. The van der Waals surface area contributed by atoms with Crippen molar-refractivity contribution in [2.75, 3.05) is 11.5 Å². The maximum Gasteiger partial charge on any atom is 0.170 e. The van der Waals surface area contributed by atoms with E-state index >= 15 is 0 Å². The SMILES string of the molecule is CCC(CO)N(Cc1ncn(-c2ccccc2)n1)c1ccccc1. The third-order valence-corrected chi connectivity index (χ3v) is 4.08. The van der Waals surface area contributed by atoms with E-state index in [0.717, 1.165) is 23.6 Å². The largest absolute Gasteiger partial charge is 0.394 e. The van der Waals surface area contributed by atoms with Gasteiger partial charge in [0, 0.05) is 5.69 Å². The maximum absolute atomic E-state index is 9.73. The number of rotatable bonds is 7. The highest BCUT2D eigenvalue weighted by molar-refractivity contribution is 5.47. The standard InChI is InChI=1S/C19H22N4O/c1-2-16(14-24)22(17-9-5-3-6-10-17)13-19-20-15-23(21-19)18-11-7-4-8-12-18/h3-12,15-16,24H,2,13-14H2,1H3. The molecular formula is C19H22N4O. The van der Waals surface area contributed by atoms with Crippen molar-refractivity contribution in [2.45, 2.75) is 25.9 Å². The van der Waals surface area contributed by atoms with Gasteiger partial charge in [0.2, 0.25) is 0 Å². The van der Waals surface area contributed by atoms with E-state index in [2.05, 4.69) is 21.9 Å². The number of aromatic nitrogens is 3. The van der Waals surface area contributed by atoms with Gasteiger partial charge in [0.15, 0.2) is 5.82 Å². The summed E-state index contributed by atoms with van der Waals surface area (Å²) in [5, 5.41) is 14.3. The lowest BCUT2D eigenvalue weighted by atomic mass is 10.1. The van der Waals surface area contributed by atoms with E-state index in [0.29, 0.717) is 6.54 Å². The molecule has 0 aliphatic carbocycles. The van der Waals surface area contributed by atoms with Crippen LogP contribution in [0.4, 0.5) is 5.69 Å². The highest BCUT2D eigenvalue weighted by Gasteiger charge is 2.18. The lowest BCUT2D eigenvalue weighted by Crippen LogP contribution is -2.37. The van der Waals surface area contributed by atoms with Crippen LogP contribution in [-0.2, 0) is 6.54 Å². The van der Waals surface area contributed by atoms with Crippen LogP contribution in [0.25, 0.3) is 5.69 Å². The number of hydrogen-bond acceptors (Lipinski definition) is 4. The molecule has 1 N–H and O–H groups in total. The zero-order valence-corrected chi connectivity index (χ0v) is 13.8. The van der Waals surface area contributed by atoms with Crippen molar-refractivity contribution in [3.05, 3.63) is 72.8 Å². The van der Waals surface area contributed by atoms with Gasteiger partial charge in [-0.25, -0.2) is 9.67 Å². The molecule has 1 heterocycles. The van der Waals surface area contributed by atoms with E-state index in [1.165, 1.54) is 0 Å². The lowest BCUT2D eigenvalue weighted by Gasteiger charge is -2.31. The van der Waals surface area contributed by atoms with Gasteiger partial charge in [-0.05, 0) is 30.7 Å². The fourth-order valence-electron chi connectivity index (χ4n) is 2.73. The summed E-state index contributed by atoms with van der Waals surface area (Å²) in [6.07, 6.45) is 2.58. The first-order valence-electron chi connectivity index (χ1n) is 8.20. The molecule has 0 aliphatic heterocycles. The fraction of sp³-hybridized carbons (Fsp3) is 0.263. The Morgan fingerprint density at radius 1 is 1.04 bits per heavy atom. The topological polar surface area (TPSA) is 54.2 Å². The van der Waals surface area contributed by atoms with Crippen LogP contribution in [-0.4, -0.2) is 32.5 Å². The number of aliphatic hydroxyl groups excluding tert-OH is 1. The molecule has 3 aromatic rings. The van der Waals surface area contributed by atoms with E-state index in [4.69, 9.17) is 0 Å². The number of benzene rings is 2. The third-order valence-electron chi connectivity index (χ3n) is 4.08. The van der Waals surface area contributed by atoms with Crippen molar-refractivity contribution in [3.63, 3.8) is 0 Å². The molecule has 1 unspecified atom stereocenters. The Morgan fingerprint density at radius 2 is 1.71 bits per heavy atom. The molecule has 0 amide bonds. The first kappa shape index (κ1) is 16.2. The summed E-state index contributed by atoms with van der Waals surface area (Å²) in [6, 6.07) is 20.1. The van der Waals surface area contributed by atoms with Gasteiger partial charge in [-0.2, -0.15) is 0 Å². The maximum atomic E-state index is 9.73. The van der Waals surface area contributed by atoms with Gasteiger partial charge < -0.3 is 10.0 Å². The molecule has 0 fully saturated rings. The highest BCUT2D eigenvalue weighted by atomic mass is 16.3. The smallest absolute Gasteiger partial charge is 0.170 e. The normalized spacial score (nSPS) is 12.1. The predicted molar refractivity (Wildman–Crippen MR) is 95.1 cm³/mol. The molecule has 5 nitrogen and oxygen atoms in total. The zero-order valence-electron chi connectivity index (χ0n) is 13.8. The Labute approximate surface area is 142 Å². The summed E-state index contributed by atoms with van der Waals surface area (Å²) in [5.41, 5.74) is 2.05. The molecule has 0 radical (unpaired) electrons. The molecule has 2 aromatic carbocycles. The minimum atomic E-state index is 0.0380. The van der Waals surface area contributed by atoms with Crippen LogP contribution in [0.5, 0.6) is 0 Å². The number of hydrogen-bond donors (Lipinski definition) is 1. The first-order valence-corrected chi connectivity index (χ1v) is 8.20. The molecule has 0 aliphatic rings. The van der Waals surface area contributed by atoms with Gasteiger partial charge in [-0.1, -0.05) is 43.3 Å². The number of nitrogens with zero attached hydrogens (tertiary/aromatic N) is 4. The molecule has 1 atom stereocenters. The van der Waals surface area contributed by atoms with Gasteiger partial charge in [0.25, 0.3) is 0 Å². The van der Waals surface area contributed by atoms with Gasteiger partial charge >= 0.3 is 0 Å². The second kappa shape index (κ2) is 7.75. The van der Waals surface area contributed by atoms with E-state index in [9.17, 15) is 5.11 Å². The summed E-state index contributed by atoms with van der Waals surface area (Å²) < 4.78 is 1.78. The highest BCUT2D eigenvalue weighted by Crippen LogP contribution is 2.20. The van der Waals surface area contributed by atoms with Gasteiger partial charge in [-0.15, -0.1) is 5.10 Å². The van der Waals surface area contributed by atoms with Crippen molar-refractivity contribution in [1.29, 1.82) is 0 Å². The van der Waals surface area contributed by atoms with Crippen LogP contribution in [0.3, 0.4) is 0 Å². The number of para-hydroxylation sites is 2. The van der Waals surface area contributed by atoms with Crippen molar-refractivity contribution in [2.24, 2.45) is 0 Å². The van der Waals surface area contributed by atoms with Crippen LogP contribution >= 0.6 is 0 Å². The molecule has 0 saturated carbocycles. The van der Waals surface area contributed by atoms with Crippen molar-refractivity contribution in [3.8, 4) is 5.69 Å². The summed E-state index contributed by atoms with van der Waals surface area (Å²) in [5.74, 6) is 0.731. The molecule has 0 saturated heterocycles. The van der Waals surface area contributed by atoms with E-state index in [-0.39, 0.29) is 12.6 Å². The molecule has 5 heteroatoms. The van der Waals surface area contributed by atoms with Gasteiger partial charge in [0.1, 0.15) is 6.33 Å². The number of anilines is 1. The summed E-state index contributed by atoms with van der Waals surface area (Å²) in [7, 11) is 0. The van der Waals surface area contributed by atoms with Crippen LogP contribution in [0.15, 0.2) is 67.0 Å². The fourth-order valence-corrected chi connectivity index (χ4v) is 2.73. The molecule has 3 rings (SSSR count). The van der Waals surface area contributed by atoms with E-state index in [1.54, 1.807) is 11.0 Å². The molecular weight excluding hydrogens is 300 g/mol. The van der Waals surface area contributed by atoms with Crippen molar-refractivity contribution in [1.82, 2.24) is 14.8 Å². The molecule has 0 spiro atoms. The van der Waals surface area contributed by atoms with E-state index < -0.39 is 0 Å².